The van der Waals surface area contributed by atoms with E-state index in [-0.39, 0.29) is 29.6 Å². The molecule has 1 fully saturated rings. The van der Waals surface area contributed by atoms with Crippen LogP contribution in [0.2, 0.25) is 0 Å². The smallest absolute Gasteiger partial charge is 0.253 e. The minimum atomic E-state index is -0.293. The molecule has 154 valence electrons. The molecule has 2 N–H and O–H groups in total. The third kappa shape index (κ3) is 5.56. The van der Waals surface area contributed by atoms with Crippen LogP contribution >= 0.6 is 0 Å². The molecule has 0 radical (unpaired) electrons. The van der Waals surface area contributed by atoms with Crippen LogP contribution in [0.15, 0.2) is 48.5 Å². The number of rotatable bonds is 6. The Balaban J connectivity index is 1.61. The van der Waals surface area contributed by atoms with Crippen molar-refractivity contribution in [3.63, 3.8) is 0 Å². The number of piperidine rings is 1. The second-order valence-corrected chi connectivity index (χ2v) is 7.75. The summed E-state index contributed by atoms with van der Waals surface area (Å²) in [6, 6.07) is 13.8. The molecular formula is C23H28FN3O2. The van der Waals surface area contributed by atoms with E-state index in [1.54, 1.807) is 12.1 Å². The Labute approximate surface area is 171 Å². The number of amides is 2. The van der Waals surface area contributed by atoms with Crippen molar-refractivity contribution in [1.29, 1.82) is 0 Å². The third-order valence-electron chi connectivity index (χ3n) is 5.22. The van der Waals surface area contributed by atoms with Gasteiger partial charge >= 0.3 is 0 Å². The fraction of sp³-hybridized carbons (Fsp3) is 0.391. The lowest BCUT2D eigenvalue weighted by molar-refractivity contribution is -0.124. The van der Waals surface area contributed by atoms with Crippen molar-refractivity contribution in [2.45, 2.75) is 39.3 Å². The van der Waals surface area contributed by atoms with Gasteiger partial charge in [-0.3, -0.25) is 9.59 Å². The van der Waals surface area contributed by atoms with Crippen LogP contribution in [0.3, 0.4) is 0 Å². The number of nitrogens with zero attached hydrogens (tertiary/aromatic N) is 1. The van der Waals surface area contributed by atoms with Gasteiger partial charge < -0.3 is 15.5 Å². The third-order valence-corrected chi connectivity index (χ3v) is 5.22. The van der Waals surface area contributed by atoms with Gasteiger partial charge in [-0.1, -0.05) is 38.1 Å². The second kappa shape index (κ2) is 9.54. The van der Waals surface area contributed by atoms with Crippen LogP contribution in [0.4, 0.5) is 10.1 Å². The van der Waals surface area contributed by atoms with Gasteiger partial charge in [0.1, 0.15) is 5.82 Å². The minimum Gasteiger partial charge on any atom is -0.371 e. The highest BCUT2D eigenvalue weighted by Gasteiger charge is 2.24. The topological polar surface area (TPSA) is 61.4 Å². The molecule has 0 atom stereocenters. The molecule has 5 nitrogen and oxygen atoms in total. The van der Waals surface area contributed by atoms with E-state index in [2.05, 4.69) is 15.5 Å². The summed E-state index contributed by atoms with van der Waals surface area (Å²) in [7, 11) is 0. The number of para-hydroxylation sites is 1. The summed E-state index contributed by atoms with van der Waals surface area (Å²) in [5, 5.41) is 6.02. The molecule has 0 aromatic heterocycles. The molecule has 1 aliphatic heterocycles. The van der Waals surface area contributed by atoms with Gasteiger partial charge in [-0.25, -0.2) is 4.39 Å². The average Bonchev–Trinajstić information content (AvgIpc) is 2.73. The predicted molar refractivity (Wildman–Crippen MR) is 112 cm³/mol. The van der Waals surface area contributed by atoms with Crippen molar-refractivity contribution in [2.75, 3.05) is 18.0 Å². The Bertz CT molecular complexity index is 843. The lowest BCUT2D eigenvalue weighted by Crippen LogP contribution is -2.46. The summed E-state index contributed by atoms with van der Waals surface area (Å²) in [6.45, 7) is 5.70. The number of nitrogens with one attached hydrogen (secondary N) is 2. The molecule has 0 saturated carbocycles. The number of hydrogen-bond acceptors (Lipinski definition) is 3. The predicted octanol–water partition coefficient (Wildman–Crippen LogP) is 3.50. The molecular weight excluding hydrogens is 369 g/mol. The van der Waals surface area contributed by atoms with E-state index < -0.39 is 0 Å². The molecule has 0 aliphatic carbocycles. The lowest BCUT2D eigenvalue weighted by atomic mass is 10.0. The van der Waals surface area contributed by atoms with Crippen molar-refractivity contribution in [2.24, 2.45) is 5.92 Å². The van der Waals surface area contributed by atoms with E-state index in [4.69, 9.17) is 0 Å². The van der Waals surface area contributed by atoms with Crippen LogP contribution in [0.5, 0.6) is 0 Å². The zero-order valence-electron chi connectivity index (χ0n) is 17.0. The van der Waals surface area contributed by atoms with E-state index in [1.165, 1.54) is 12.1 Å². The van der Waals surface area contributed by atoms with Crippen LogP contribution in [-0.2, 0) is 11.3 Å². The molecule has 3 rings (SSSR count). The molecule has 0 bridgehead atoms. The van der Waals surface area contributed by atoms with E-state index >= 15 is 0 Å². The van der Waals surface area contributed by atoms with Crippen molar-refractivity contribution < 1.29 is 14.0 Å². The lowest BCUT2D eigenvalue weighted by Gasteiger charge is -2.35. The van der Waals surface area contributed by atoms with Crippen LogP contribution in [0, 0.1) is 11.7 Å². The summed E-state index contributed by atoms with van der Waals surface area (Å²) in [6.07, 6.45) is 1.70. The highest BCUT2D eigenvalue weighted by atomic mass is 19.1. The highest BCUT2D eigenvalue weighted by Crippen LogP contribution is 2.24. The summed E-state index contributed by atoms with van der Waals surface area (Å²) in [5.74, 6) is -0.374. The molecule has 1 aliphatic rings. The van der Waals surface area contributed by atoms with Gasteiger partial charge in [0.25, 0.3) is 5.91 Å². The Hall–Kier alpha value is -2.89. The highest BCUT2D eigenvalue weighted by molar-refractivity contribution is 5.99. The minimum absolute atomic E-state index is 0.0152. The maximum absolute atomic E-state index is 13.0. The Morgan fingerprint density at radius 2 is 1.72 bits per heavy atom. The van der Waals surface area contributed by atoms with Gasteiger partial charge in [-0.05, 0) is 42.7 Å². The zero-order valence-corrected chi connectivity index (χ0v) is 17.0. The zero-order chi connectivity index (χ0) is 20.8. The fourth-order valence-electron chi connectivity index (χ4n) is 3.45. The standard InChI is InChI=1S/C23H28FN3O2/c1-16(2)22(28)26-19-11-13-27(14-12-19)21-6-4-3-5-20(21)23(29)25-15-17-7-9-18(24)10-8-17/h3-10,16,19H,11-15H2,1-2H3,(H,25,29)(H,26,28). The quantitative estimate of drug-likeness (QED) is 0.784. The van der Waals surface area contributed by atoms with Crippen LogP contribution < -0.4 is 15.5 Å². The van der Waals surface area contributed by atoms with Gasteiger partial charge in [0.2, 0.25) is 5.91 Å². The first-order chi connectivity index (χ1) is 13.9. The van der Waals surface area contributed by atoms with Crippen LogP contribution in [0.1, 0.15) is 42.6 Å². The first-order valence-electron chi connectivity index (χ1n) is 10.1. The summed E-state index contributed by atoms with van der Waals surface area (Å²) in [5.41, 5.74) is 2.37. The maximum Gasteiger partial charge on any atom is 0.253 e. The number of halogens is 1. The largest absolute Gasteiger partial charge is 0.371 e. The second-order valence-electron chi connectivity index (χ2n) is 7.75. The fourth-order valence-corrected chi connectivity index (χ4v) is 3.45. The molecule has 0 unspecified atom stereocenters. The maximum atomic E-state index is 13.0. The monoisotopic (exact) mass is 397 g/mol. The molecule has 29 heavy (non-hydrogen) atoms. The SMILES string of the molecule is CC(C)C(=O)NC1CCN(c2ccccc2C(=O)NCc2ccc(F)cc2)CC1. The van der Waals surface area contributed by atoms with E-state index in [0.717, 1.165) is 37.2 Å². The Morgan fingerprint density at radius 3 is 2.38 bits per heavy atom. The van der Waals surface area contributed by atoms with Gasteiger partial charge in [0, 0.05) is 37.3 Å². The number of carbonyl (C=O) groups excluding carboxylic acids is 2. The van der Waals surface area contributed by atoms with Crippen molar-refractivity contribution >= 4 is 17.5 Å². The summed E-state index contributed by atoms with van der Waals surface area (Å²) >= 11 is 0. The molecule has 6 heteroatoms. The van der Waals surface area contributed by atoms with Gasteiger partial charge in [0.05, 0.1) is 5.56 Å². The van der Waals surface area contributed by atoms with E-state index in [9.17, 15) is 14.0 Å². The number of benzene rings is 2. The van der Waals surface area contributed by atoms with Crippen molar-refractivity contribution in [3.8, 4) is 0 Å². The van der Waals surface area contributed by atoms with Crippen molar-refractivity contribution in [3.05, 3.63) is 65.5 Å². The van der Waals surface area contributed by atoms with E-state index in [0.29, 0.717) is 12.1 Å². The van der Waals surface area contributed by atoms with Gasteiger partial charge in [-0.15, -0.1) is 0 Å². The van der Waals surface area contributed by atoms with Gasteiger partial charge in [0.15, 0.2) is 0 Å². The first kappa shape index (κ1) is 20.8. The number of carbonyl (C=O) groups is 2. The Kier molecular flexibility index (Phi) is 6.86. The van der Waals surface area contributed by atoms with Crippen LogP contribution in [-0.4, -0.2) is 30.9 Å². The molecule has 0 spiro atoms. The summed E-state index contributed by atoms with van der Waals surface area (Å²) in [4.78, 5) is 26.9. The first-order valence-corrected chi connectivity index (χ1v) is 10.1. The number of anilines is 1. The summed E-state index contributed by atoms with van der Waals surface area (Å²) < 4.78 is 13.0. The van der Waals surface area contributed by atoms with Gasteiger partial charge in [-0.2, -0.15) is 0 Å². The van der Waals surface area contributed by atoms with Crippen LogP contribution in [0.25, 0.3) is 0 Å². The molecule has 2 amide bonds. The molecule has 1 heterocycles. The Morgan fingerprint density at radius 1 is 1.07 bits per heavy atom. The van der Waals surface area contributed by atoms with Crippen molar-refractivity contribution in [1.82, 2.24) is 10.6 Å². The number of hydrogen-bond donors (Lipinski definition) is 2. The molecule has 1 saturated heterocycles. The molecule has 2 aromatic carbocycles. The average molecular weight is 397 g/mol. The molecule has 2 aromatic rings. The normalized spacial score (nSPS) is 14.7. The van der Waals surface area contributed by atoms with E-state index in [1.807, 2.05) is 38.1 Å².